The van der Waals surface area contributed by atoms with Gasteiger partial charge in [0.15, 0.2) is 0 Å². The first-order chi connectivity index (χ1) is 8.13. The molecule has 0 atom stereocenters. The Morgan fingerprint density at radius 2 is 1.88 bits per heavy atom. The molecule has 0 bridgehead atoms. The molecule has 1 aliphatic rings. The maximum Gasteiger partial charge on any atom is 0.331 e. The number of anilines is 1. The first-order valence-corrected chi connectivity index (χ1v) is 5.88. The largest absolute Gasteiger partial charge is 0.331 e. The molecule has 0 unspecified atom stereocenters. The van der Waals surface area contributed by atoms with Crippen molar-refractivity contribution in [1.82, 2.24) is 4.90 Å². The number of rotatable bonds is 3. The number of hydrogen-bond acceptors (Lipinski definition) is 2. The lowest BCUT2D eigenvalue weighted by atomic mass is 10.3. The third kappa shape index (κ3) is 2.26. The predicted octanol–water partition coefficient (Wildman–Crippen LogP) is 2.52. The molecule has 2 rings (SSSR count). The third-order valence-electron chi connectivity index (χ3n) is 2.64. The zero-order chi connectivity index (χ0) is 12.4. The molecule has 90 valence electrons. The molecule has 0 radical (unpaired) electrons. The van der Waals surface area contributed by atoms with E-state index in [4.69, 9.17) is 11.6 Å². The van der Waals surface area contributed by atoms with Crippen LogP contribution in [0.5, 0.6) is 0 Å². The maximum absolute atomic E-state index is 12.0. The van der Waals surface area contributed by atoms with E-state index in [9.17, 15) is 9.59 Å². The van der Waals surface area contributed by atoms with Gasteiger partial charge in [0.2, 0.25) is 0 Å². The van der Waals surface area contributed by atoms with Gasteiger partial charge in [-0.05, 0) is 30.7 Å². The second kappa shape index (κ2) is 4.75. The number of imide groups is 1. The van der Waals surface area contributed by atoms with Crippen LogP contribution in [-0.2, 0) is 4.79 Å². The molecular formula is C12H13ClN2O2. The summed E-state index contributed by atoms with van der Waals surface area (Å²) in [5.41, 5.74) is 0.700. The fraction of sp³-hybridized carbons (Fsp3) is 0.333. The maximum atomic E-state index is 12.0. The first-order valence-electron chi connectivity index (χ1n) is 5.51. The van der Waals surface area contributed by atoms with Crippen molar-refractivity contribution < 1.29 is 9.59 Å². The van der Waals surface area contributed by atoms with Gasteiger partial charge in [0.1, 0.15) is 6.54 Å². The second-order valence-electron chi connectivity index (χ2n) is 3.89. The Morgan fingerprint density at radius 3 is 2.47 bits per heavy atom. The van der Waals surface area contributed by atoms with Gasteiger partial charge in [-0.2, -0.15) is 0 Å². The van der Waals surface area contributed by atoms with Crippen LogP contribution in [0.1, 0.15) is 13.3 Å². The molecule has 0 N–H and O–H groups in total. The molecule has 0 aromatic heterocycles. The van der Waals surface area contributed by atoms with E-state index >= 15 is 0 Å². The van der Waals surface area contributed by atoms with Gasteiger partial charge in [-0.3, -0.25) is 14.6 Å². The summed E-state index contributed by atoms with van der Waals surface area (Å²) < 4.78 is 0. The molecule has 3 amide bonds. The van der Waals surface area contributed by atoms with E-state index in [2.05, 4.69) is 0 Å². The Balaban J connectivity index is 2.21. The Bertz CT molecular complexity index is 444. The minimum Gasteiger partial charge on any atom is -0.285 e. The zero-order valence-corrected chi connectivity index (χ0v) is 10.3. The van der Waals surface area contributed by atoms with Gasteiger partial charge in [-0.15, -0.1) is 0 Å². The van der Waals surface area contributed by atoms with Gasteiger partial charge in [-0.1, -0.05) is 18.5 Å². The van der Waals surface area contributed by atoms with Crippen LogP contribution in [0.25, 0.3) is 0 Å². The third-order valence-corrected chi connectivity index (χ3v) is 2.89. The number of carbonyl (C=O) groups is 2. The van der Waals surface area contributed by atoms with Crippen molar-refractivity contribution >= 4 is 29.2 Å². The van der Waals surface area contributed by atoms with Gasteiger partial charge in [-0.25, -0.2) is 4.79 Å². The molecule has 1 fully saturated rings. The van der Waals surface area contributed by atoms with Crippen LogP contribution in [0.15, 0.2) is 24.3 Å². The van der Waals surface area contributed by atoms with Gasteiger partial charge < -0.3 is 0 Å². The van der Waals surface area contributed by atoms with Crippen molar-refractivity contribution in [3.63, 3.8) is 0 Å². The highest BCUT2D eigenvalue weighted by Crippen LogP contribution is 2.22. The minimum atomic E-state index is -0.251. The first kappa shape index (κ1) is 11.9. The van der Waals surface area contributed by atoms with Crippen molar-refractivity contribution in [2.24, 2.45) is 0 Å². The Morgan fingerprint density at radius 1 is 1.24 bits per heavy atom. The van der Waals surface area contributed by atoms with E-state index < -0.39 is 0 Å². The number of hydrogen-bond donors (Lipinski definition) is 0. The van der Waals surface area contributed by atoms with Crippen molar-refractivity contribution in [2.75, 3.05) is 18.0 Å². The molecular weight excluding hydrogens is 240 g/mol. The molecule has 0 saturated carbocycles. The van der Waals surface area contributed by atoms with E-state index in [-0.39, 0.29) is 18.5 Å². The van der Waals surface area contributed by atoms with Gasteiger partial charge >= 0.3 is 6.03 Å². The summed E-state index contributed by atoms with van der Waals surface area (Å²) in [6.07, 6.45) is 0.770. The van der Waals surface area contributed by atoms with E-state index in [1.807, 2.05) is 6.92 Å². The normalized spacial score (nSPS) is 15.9. The van der Waals surface area contributed by atoms with Crippen molar-refractivity contribution in [3.8, 4) is 0 Å². The number of carbonyl (C=O) groups excluding carboxylic acids is 2. The highest BCUT2D eigenvalue weighted by atomic mass is 35.5. The second-order valence-corrected chi connectivity index (χ2v) is 4.33. The molecule has 1 aromatic rings. The lowest BCUT2D eigenvalue weighted by molar-refractivity contribution is -0.124. The predicted molar refractivity (Wildman–Crippen MR) is 66.2 cm³/mol. The topological polar surface area (TPSA) is 40.6 Å². The summed E-state index contributed by atoms with van der Waals surface area (Å²) in [5, 5.41) is 0.608. The molecule has 1 saturated heterocycles. The highest BCUT2D eigenvalue weighted by molar-refractivity contribution is 6.30. The van der Waals surface area contributed by atoms with Crippen LogP contribution in [0.4, 0.5) is 10.5 Å². The summed E-state index contributed by atoms with van der Waals surface area (Å²) in [6, 6.07) is 6.64. The fourth-order valence-corrected chi connectivity index (χ4v) is 1.93. The highest BCUT2D eigenvalue weighted by Gasteiger charge is 2.35. The van der Waals surface area contributed by atoms with Gasteiger partial charge in [0.05, 0.1) is 0 Å². The van der Waals surface area contributed by atoms with Crippen LogP contribution >= 0.6 is 11.6 Å². The summed E-state index contributed by atoms with van der Waals surface area (Å²) in [4.78, 5) is 26.4. The van der Waals surface area contributed by atoms with Crippen molar-refractivity contribution in [1.29, 1.82) is 0 Å². The van der Waals surface area contributed by atoms with E-state index in [1.54, 1.807) is 24.3 Å². The van der Waals surface area contributed by atoms with Crippen LogP contribution in [0, 0.1) is 0 Å². The number of amides is 3. The monoisotopic (exact) mass is 252 g/mol. The molecule has 1 heterocycles. The van der Waals surface area contributed by atoms with E-state index in [0.29, 0.717) is 17.3 Å². The molecule has 1 aliphatic heterocycles. The van der Waals surface area contributed by atoms with Crippen LogP contribution < -0.4 is 4.90 Å². The van der Waals surface area contributed by atoms with Crippen LogP contribution in [0.3, 0.4) is 0 Å². The molecule has 0 aliphatic carbocycles. The zero-order valence-electron chi connectivity index (χ0n) is 9.52. The number of benzene rings is 1. The molecule has 4 nitrogen and oxygen atoms in total. The van der Waals surface area contributed by atoms with Gasteiger partial charge in [0.25, 0.3) is 5.91 Å². The average Bonchev–Trinajstić information content (AvgIpc) is 2.59. The lowest BCUT2D eigenvalue weighted by Gasteiger charge is -2.16. The van der Waals surface area contributed by atoms with Crippen molar-refractivity contribution in [3.05, 3.63) is 29.3 Å². The van der Waals surface area contributed by atoms with E-state index in [1.165, 1.54) is 9.80 Å². The van der Waals surface area contributed by atoms with E-state index in [0.717, 1.165) is 6.42 Å². The van der Waals surface area contributed by atoms with Crippen LogP contribution in [0.2, 0.25) is 5.02 Å². The molecule has 1 aromatic carbocycles. The summed E-state index contributed by atoms with van der Waals surface area (Å²) in [5.74, 6) is -0.146. The molecule has 17 heavy (non-hydrogen) atoms. The summed E-state index contributed by atoms with van der Waals surface area (Å²) in [6.45, 7) is 2.52. The molecule has 5 heteroatoms. The fourth-order valence-electron chi connectivity index (χ4n) is 1.81. The van der Waals surface area contributed by atoms with Crippen LogP contribution in [-0.4, -0.2) is 29.9 Å². The number of nitrogens with zero attached hydrogens (tertiary/aromatic N) is 2. The Kier molecular flexibility index (Phi) is 3.33. The number of urea groups is 1. The summed E-state index contributed by atoms with van der Waals surface area (Å²) >= 11 is 5.78. The van der Waals surface area contributed by atoms with Gasteiger partial charge in [0, 0.05) is 17.3 Å². The minimum absolute atomic E-state index is 0.112. The lowest BCUT2D eigenvalue weighted by Crippen LogP contribution is -2.33. The Hall–Kier alpha value is -1.55. The number of halogens is 1. The summed E-state index contributed by atoms with van der Waals surface area (Å²) in [7, 11) is 0. The quantitative estimate of drug-likeness (QED) is 0.776. The average molecular weight is 253 g/mol. The molecule has 0 spiro atoms. The van der Waals surface area contributed by atoms with Crippen molar-refractivity contribution in [2.45, 2.75) is 13.3 Å². The Labute approximate surface area is 105 Å². The smallest absolute Gasteiger partial charge is 0.285 e. The SMILES string of the molecule is CCCN1C(=O)CN(c2ccc(Cl)cc2)C1=O. The standard InChI is InChI=1S/C12H13ClN2O2/c1-2-7-14-11(16)8-15(12(14)17)10-5-3-9(13)4-6-10/h3-6H,2,7-8H2,1H3.